The van der Waals surface area contributed by atoms with E-state index in [0.717, 1.165) is 35.6 Å². The van der Waals surface area contributed by atoms with Gasteiger partial charge in [-0.15, -0.1) is 0 Å². The summed E-state index contributed by atoms with van der Waals surface area (Å²) >= 11 is 0. The number of hydrogen-bond donors (Lipinski definition) is 3. The normalized spacial score (nSPS) is 14.4. The Balaban J connectivity index is 1.48. The first-order valence-electron chi connectivity index (χ1n) is 10.1. The van der Waals surface area contributed by atoms with Gasteiger partial charge in [0.25, 0.3) is 0 Å². The third kappa shape index (κ3) is 5.46. The van der Waals surface area contributed by atoms with Crippen LogP contribution in [0.15, 0.2) is 48.8 Å². The van der Waals surface area contributed by atoms with Gasteiger partial charge in [-0.05, 0) is 24.3 Å². The van der Waals surface area contributed by atoms with Crippen LogP contribution in [0.5, 0.6) is 11.6 Å². The van der Waals surface area contributed by atoms with Crippen molar-refractivity contribution < 1.29 is 14.2 Å². The predicted octanol–water partition coefficient (Wildman–Crippen LogP) is 2.98. The van der Waals surface area contributed by atoms with E-state index >= 15 is 0 Å². The molecule has 0 saturated carbocycles. The van der Waals surface area contributed by atoms with Crippen molar-refractivity contribution in [3.8, 4) is 22.9 Å². The molecule has 31 heavy (non-hydrogen) atoms. The molecule has 1 saturated heterocycles. The van der Waals surface area contributed by atoms with Crippen LogP contribution >= 0.6 is 0 Å². The number of methoxy groups -OCH3 is 1. The van der Waals surface area contributed by atoms with Gasteiger partial charge in [0.05, 0.1) is 24.6 Å². The van der Waals surface area contributed by atoms with Crippen LogP contribution in [-0.4, -0.2) is 72.5 Å². The van der Waals surface area contributed by atoms with Crippen LogP contribution in [0.1, 0.15) is 5.56 Å². The highest BCUT2D eigenvalue weighted by Gasteiger charge is 2.16. The number of aromatic nitrogens is 3. The molecule has 162 valence electrons. The van der Waals surface area contributed by atoms with Gasteiger partial charge in [-0.1, -0.05) is 0 Å². The number of hydrogen-bond acceptors (Lipinski definition) is 8. The second kappa shape index (κ2) is 10.2. The number of rotatable bonds is 9. The number of nitrogens with one attached hydrogen (secondary N) is 3. The van der Waals surface area contributed by atoms with E-state index < -0.39 is 0 Å². The van der Waals surface area contributed by atoms with Crippen LogP contribution in [0.25, 0.3) is 11.3 Å². The smallest absolute Gasteiger partial charge is 0.219 e. The summed E-state index contributed by atoms with van der Waals surface area (Å²) in [7, 11) is 1.62. The Bertz CT molecular complexity index is 985. The van der Waals surface area contributed by atoms with E-state index in [0.29, 0.717) is 43.8 Å². The maximum absolute atomic E-state index is 8.60. The molecule has 0 atom stereocenters. The highest BCUT2D eigenvalue weighted by Crippen LogP contribution is 2.28. The number of pyridine rings is 1. The molecule has 0 bridgehead atoms. The van der Waals surface area contributed by atoms with Crippen LogP contribution in [0.4, 0.5) is 5.69 Å². The minimum Gasteiger partial charge on any atom is -0.439 e. The van der Waals surface area contributed by atoms with Gasteiger partial charge < -0.3 is 24.9 Å². The van der Waals surface area contributed by atoms with E-state index in [2.05, 4.69) is 25.4 Å². The molecule has 9 nitrogen and oxygen atoms in total. The zero-order valence-corrected chi connectivity index (χ0v) is 17.4. The number of nitrogens with zero attached hydrogens (tertiary/aromatic N) is 3. The second-order valence-corrected chi connectivity index (χ2v) is 7.14. The van der Waals surface area contributed by atoms with Crippen LogP contribution in [-0.2, 0) is 9.47 Å². The SMILES string of the molecule is COCNc1cc(Oc2ccc(-c3ccn[nH]3)cn2)ccc1C(=N)CN1CCOCC1. The van der Waals surface area contributed by atoms with Crippen molar-refractivity contribution in [1.82, 2.24) is 20.1 Å². The molecule has 2 aromatic heterocycles. The summed E-state index contributed by atoms with van der Waals surface area (Å²) in [5.74, 6) is 1.11. The molecule has 3 N–H and O–H groups in total. The lowest BCUT2D eigenvalue weighted by molar-refractivity contribution is 0.0453. The molecular formula is C22H26N6O3. The van der Waals surface area contributed by atoms with Gasteiger partial charge in [0, 0.05) is 68.1 Å². The fraction of sp³-hybridized carbons (Fsp3) is 0.318. The van der Waals surface area contributed by atoms with E-state index in [4.69, 9.17) is 19.6 Å². The highest BCUT2D eigenvalue weighted by molar-refractivity contribution is 6.04. The van der Waals surface area contributed by atoms with Crippen molar-refractivity contribution in [2.45, 2.75) is 0 Å². The molecule has 3 aromatic rings. The second-order valence-electron chi connectivity index (χ2n) is 7.14. The summed E-state index contributed by atoms with van der Waals surface area (Å²) in [6.45, 7) is 4.00. The van der Waals surface area contributed by atoms with Crippen molar-refractivity contribution in [2.24, 2.45) is 0 Å². The Morgan fingerprint density at radius 3 is 2.81 bits per heavy atom. The first kappa shape index (κ1) is 21.0. The molecule has 0 unspecified atom stereocenters. The van der Waals surface area contributed by atoms with Crippen LogP contribution < -0.4 is 10.1 Å². The van der Waals surface area contributed by atoms with Crippen LogP contribution in [0.2, 0.25) is 0 Å². The Kier molecular flexibility index (Phi) is 6.88. The van der Waals surface area contributed by atoms with E-state index in [9.17, 15) is 0 Å². The lowest BCUT2D eigenvalue weighted by Gasteiger charge is -2.27. The van der Waals surface area contributed by atoms with Gasteiger partial charge in [0.15, 0.2) is 0 Å². The summed E-state index contributed by atoms with van der Waals surface area (Å²) < 4.78 is 16.5. The molecule has 1 fully saturated rings. The quantitative estimate of drug-likeness (QED) is 0.359. The standard InChI is InChI=1S/C22H26N6O3/c1-29-15-25-21-12-17(3-4-18(21)19(23)14-28-8-10-30-11-9-28)31-22-5-2-16(13-24-22)20-6-7-26-27-20/h2-7,12-13,23,25H,8-11,14-15H2,1H3,(H,26,27). The zero-order valence-electron chi connectivity index (χ0n) is 17.4. The predicted molar refractivity (Wildman–Crippen MR) is 118 cm³/mol. The van der Waals surface area contributed by atoms with Gasteiger partial charge in [0.2, 0.25) is 5.88 Å². The summed E-state index contributed by atoms with van der Waals surface area (Å²) in [5.41, 5.74) is 3.96. The van der Waals surface area contributed by atoms with Gasteiger partial charge in [-0.2, -0.15) is 5.10 Å². The molecule has 3 heterocycles. The van der Waals surface area contributed by atoms with E-state index in [-0.39, 0.29) is 0 Å². The number of H-pyrrole nitrogens is 1. The first-order valence-corrected chi connectivity index (χ1v) is 10.1. The molecule has 0 spiro atoms. The molecule has 4 rings (SSSR count). The summed E-state index contributed by atoms with van der Waals surface area (Å²) in [6.07, 6.45) is 3.44. The average molecular weight is 422 g/mol. The Labute approximate surface area is 180 Å². The lowest BCUT2D eigenvalue weighted by Crippen LogP contribution is -2.39. The largest absolute Gasteiger partial charge is 0.439 e. The minimum atomic E-state index is 0.332. The number of morpholine rings is 1. The Morgan fingerprint density at radius 2 is 2.10 bits per heavy atom. The van der Waals surface area contributed by atoms with Gasteiger partial charge in [0.1, 0.15) is 12.5 Å². The molecular weight excluding hydrogens is 396 g/mol. The number of aromatic amines is 1. The maximum atomic E-state index is 8.60. The number of ether oxygens (including phenoxy) is 3. The Hall–Kier alpha value is -3.27. The van der Waals surface area contributed by atoms with Gasteiger partial charge >= 0.3 is 0 Å². The topological polar surface area (TPSA) is 108 Å². The minimum absolute atomic E-state index is 0.332. The summed E-state index contributed by atoms with van der Waals surface area (Å²) in [5, 5.41) is 18.7. The monoisotopic (exact) mass is 422 g/mol. The van der Waals surface area contributed by atoms with Crippen LogP contribution in [0.3, 0.4) is 0 Å². The lowest BCUT2D eigenvalue weighted by atomic mass is 10.1. The van der Waals surface area contributed by atoms with Crippen molar-refractivity contribution in [2.75, 3.05) is 52.0 Å². The molecule has 9 heteroatoms. The first-order chi connectivity index (χ1) is 15.2. The third-order valence-corrected chi connectivity index (χ3v) is 4.98. The molecule has 1 aliphatic heterocycles. The van der Waals surface area contributed by atoms with Gasteiger partial charge in [-0.25, -0.2) is 4.98 Å². The zero-order chi connectivity index (χ0) is 21.5. The fourth-order valence-corrected chi connectivity index (χ4v) is 3.35. The fourth-order valence-electron chi connectivity index (χ4n) is 3.35. The molecule has 0 amide bonds. The van der Waals surface area contributed by atoms with Crippen molar-refractivity contribution in [3.05, 3.63) is 54.4 Å². The van der Waals surface area contributed by atoms with E-state index in [1.807, 2.05) is 36.4 Å². The van der Waals surface area contributed by atoms with Gasteiger partial charge in [-0.3, -0.25) is 10.00 Å². The molecule has 1 aromatic carbocycles. The highest BCUT2D eigenvalue weighted by atomic mass is 16.5. The van der Waals surface area contributed by atoms with Crippen molar-refractivity contribution in [1.29, 1.82) is 5.41 Å². The summed E-state index contributed by atoms with van der Waals surface area (Å²) in [6, 6.07) is 11.2. The maximum Gasteiger partial charge on any atom is 0.219 e. The molecule has 0 radical (unpaired) electrons. The average Bonchev–Trinajstić information content (AvgIpc) is 3.34. The third-order valence-electron chi connectivity index (χ3n) is 4.98. The number of anilines is 1. The van der Waals surface area contributed by atoms with Crippen LogP contribution in [0, 0.1) is 5.41 Å². The Morgan fingerprint density at radius 1 is 1.23 bits per heavy atom. The summed E-state index contributed by atoms with van der Waals surface area (Å²) in [4.78, 5) is 6.60. The van der Waals surface area contributed by atoms with Crippen molar-refractivity contribution >= 4 is 11.4 Å². The van der Waals surface area contributed by atoms with Crippen molar-refractivity contribution in [3.63, 3.8) is 0 Å². The van der Waals surface area contributed by atoms with E-state index in [1.54, 1.807) is 19.5 Å². The van der Waals surface area contributed by atoms with E-state index in [1.165, 1.54) is 0 Å². The number of benzene rings is 1. The molecule has 0 aliphatic carbocycles. The molecule has 1 aliphatic rings.